The summed E-state index contributed by atoms with van der Waals surface area (Å²) in [4.78, 5) is 22.6. The Balaban J connectivity index is 2.29. The first-order chi connectivity index (χ1) is 10.8. The van der Waals surface area contributed by atoms with Crippen molar-refractivity contribution in [2.45, 2.75) is 39.7 Å². The molecule has 0 spiro atoms. The summed E-state index contributed by atoms with van der Waals surface area (Å²) in [5.74, 6) is 0.706. The first-order valence-corrected chi connectivity index (χ1v) is 8.44. The van der Waals surface area contributed by atoms with Crippen LogP contribution < -0.4 is 10.6 Å². The number of aryl methyl sites for hydroxylation is 1. The molecule has 0 saturated carbocycles. The largest absolute Gasteiger partial charge is 0.385 e. The number of ether oxygens (including phenoxy) is 1. The highest BCUT2D eigenvalue weighted by Crippen LogP contribution is 2.33. The van der Waals surface area contributed by atoms with Crippen molar-refractivity contribution in [3.63, 3.8) is 0 Å². The van der Waals surface area contributed by atoms with Gasteiger partial charge in [-0.15, -0.1) is 11.3 Å². The molecule has 23 heavy (non-hydrogen) atoms. The zero-order valence-corrected chi connectivity index (χ0v) is 15.1. The van der Waals surface area contributed by atoms with Crippen LogP contribution in [0.1, 0.15) is 42.4 Å². The van der Waals surface area contributed by atoms with Crippen LogP contribution in [0.15, 0.2) is 6.33 Å². The Hall–Kier alpha value is -1.73. The van der Waals surface area contributed by atoms with E-state index in [1.807, 2.05) is 27.7 Å². The van der Waals surface area contributed by atoms with Gasteiger partial charge in [0.1, 0.15) is 17.0 Å². The molecule has 126 valence electrons. The topological polar surface area (TPSA) is 76.1 Å². The Morgan fingerprint density at radius 1 is 1.35 bits per heavy atom. The van der Waals surface area contributed by atoms with Crippen molar-refractivity contribution in [3.8, 4) is 0 Å². The summed E-state index contributed by atoms with van der Waals surface area (Å²) in [6.45, 7) is 9.31. The SMILES string of the molecule is COCCCNc1ncnc2sc(C(=O)NC(C)(C)C)c(C)c12. The monoisotopic (exact) mass is 336 g/mol. The number of anilines is 1. The number of hydrogen-bond donors (Lipinski definition) is 2. The van der Waals surface area contributed by atoms with Crippen LogP contribution in [0.3, 0.4) is 0 Å². The molecule has 0 aliphatic carbocycles. The van der Waals surface area contributed by atoms with Gasteiger partial charge in [0.2, 0.25) is 0 Å². The molecular formula is C16H24N4O2S. The van der Waals surface area contributed by atoms with Crippen molar-refractivity contribution in [3.05, 3.63) is 16.8 Å². The lowest BCUT2D eigenvalue weighted by molar-refractivity contribution is 0.0923. The lowest BCUT2D eigenvalue weighted by Gasteiger charge is -2.20. The fourth-order valence-electron chi connectivity index (χ4n) is 2.24. The van der Waals surface area contributed by atoms with E-state index in [4.69, 9.17) is 4.74 Å². The summed E-state index contributed by atoms with van der Waals surface area (Å²) in [7, 11) is 1.69. The van der Waals surface area contributed by atoms with Crippen LogP contribution in [0.25, 0.3) is 10.2 Å². The molecule has 0 unspecified atom stereocenters. The molecule has 2 rings (SSSR count). The second-order valence-electron chi connectivity index (χ2n) is 6.44. The van der Waals surface area contributed by atoms with Gasteiger partial charge in [-0.05, 0) is 39.7 Å². The van der Waals surface area contributed by atoms with Gasteiger partial charge in [-0.2, -0.15) is 0 Å². The molecule has 0 saturated heterocycles. The van der Waals surface area contributed by atoms with E-state index < -0.39 is 0 Å². The lowest BCUT2D eigenvalue weighted by Crippen LogP contribution is -2.40. The van der Waals surface area contributed by atoms with Crippen LogP contribution >= 0.6 is 11.3 Å². The zero-order valence-electron chi connectivity index (χ0n) is 14.3. The summed E-state index contributed by atoms with van der Waals surface area (Å²) < 4.78 is 5.05. The van der Waals surface area contributed by atoms with Crippen molar-refractivity contribution in [1.29, 1.82) is 0 Å². The number of carbonyl (C=O) groups is 1. The molecule has 0 aromatic carbocycles. The van der Waals surface area contributed by atoms with Gasteiger partial charge in [0.25, 0.3) is 5.91 Å². The van der Waals surface area contributed by atoms with E-state index in [2.05, 4.69) is 20.6 Å². The van der Waals surface area contributed by atoms with Crippen LogP contribution in [-0.2, 0) is 4.74 Å². The van der Waals surface area contributed by atoms with Gasteiger partial charge >= 0.3 is 0 Å². The molecule has 2 aromatic rings. The molecule has 0 atom stereocenters. The van der Waals surface area contributed by atoms with Gasteiger partial charge < -0.3 is 15.4 Å². The number of amides is 1. The van der Waals surface area contributed by atoms with E-state index >= 15 is 0 Å². The molecule has 0 aliphatic rings. The summed E-state index contributed by atoms with van der Waals surface area (Å²) in [5, 5.41) is 7.24. The van der Waals surface area contributed by atoms with E-state index in [-0.39, 0.29) is 11.4 Å². The molecule has 1 amide bonds. The van der Waals surface area contributed by atoms with Crippen LogP contribution in [-0.4, -0.2) is 41.7 Å². The van der Waals surface area contributed by atoms with Gasteiger partial charge in [0.15, 0.2) is 0 Å². The van der Waals surface area contributed by atoms with E-state index in [1.54, 1.807) is 7.11 Å². The van der Waals surface area contributed by atoms with Gasteiger partial charge in [-0.1, -0.05) is 0 Å². The minimum Gasteiger partial charge on any atom is -0.385 e. The first kappa shape index (κ1) is 17.6. The number of methoxy groups -OCH3 is 1. The average Bonchev–Trinajstić information content (AvgIpc) is 2.80. The zero-order chi connectivity index (χ0) is 17.0. The quantitative estimate of drug-likeness (QED) is 0.793. The normalized spacial score (nSPS) is 11.7. The molecule has 0 fully saturated rings. The Morgan fingerprint density at radius 2 is 2.09 bits per heavy atom. The standard InChI is InChI=1S/C16H24N4O2S/c1-10-11-13(17-7-6-8-22-5)18-9-19-15(11)23-12(10)14(21)20-16(2,3)4/h9H,6-8H2,1-5H3,(H,20,21)(H,17,18,19). The predicted octanol–water partition coefficient (Wildman–Crippen LogP) is 2.98. The number of thiophene rings is 1. The highest BCUT2D eigenvalue weighted by Gasteiger charge is 2.22. The molecule has 0 bridgehead atoms. The van der Waals surface area contributed by atoms with Crippen molar-refractivity contribution < 1.29 is 9.53 Å². The summed E-state index contributed by atoms with van der Waals surface area (Å²) in [5.41, 5.74) is 0.647. The van der Waals surface area contributed by atoms with Gasteiger partial charge in [-0.25, -0.2) is 9.97 Å². The molecule has 2 heterocycles. The minimum absolute atomic E-state index is 0.0664. The minimum atomic E-state index is -0.271. The number of rotatable bonds is 6. The second-order valence-corrected chi connectivity index (χ2v) is 7.43. The third kappa shape index (κ3) is 4.39. The maximum atomic E-state index is 12.5. The number of fused-ring (bicyclic) bond motifs is 1. The Morgan fingerprint density at radius 3 is 2.74 bits per heavy atom. The van der Waals surface area contributed by atoms with E-state index in [1.165, 1.54) is 17.7 Å². The Labute approximate surface area is 140 Å². The molecule has 2 aromatic heterocycles. The number of nitrogens with one attached hydrogen (secondary N) is 2. The van der Waals surface area contributed by atoms with E-state index in [9.17, 15) is 4.79 Å². The van der Waals surface area contributed by atoms with Crippen LogP contribution in [0.4, 0.5) is 5.82 Å². The van der Waals surface area contributed by atoms with Crippen LogP contribution in [0, 0.1) is 6.92 Å². The number of carbonyl (C=O) groups excluding carboxylic acids is 1. The summed E-state index contributed by atoms with van der Waals surface area (Å²) in [6.07, 6.45) is 2.42. The van der Waals surface area contributed by atoms with Gasteiger partial charge in [0.05, 0.1) is 10.3 Å². The molecular weight excluding hydrogens is 312 g/mol. The van der Waals surface area contributed by atoms with Crippen molar-refractivity contribution in [2.24, 2.45) is 0 Å². The van der Waals surface area contributed by atoms with Crippen LogP contribution in [0.5, 0.6) is 0 Å². The van der Waals surface area contributed by atoms with Crippen molar-refractivity contribution >= 4 is 33.3 Å². The first-order valence-electron chi connectivity index (χ1n) is 7.63. The number of hydrogen-bond acceptors (Lipinski definition) is 6. The number of nitrogens with zero attached hydrogens (tertiary/aromatic N) is 2. The fourth-order valence-corrected chi connectivity index (χ4v) is 3.29. The van der Waals surface area contributed by atoms with Crippen molar-refractivity contribution in [1.82, 2.24) is 15.3 Å². The Bertz CT molecular complexity index is 691. The smallest absolute Gasteiger partial charge is 0.262 e. The maximum Gasteiger partial charge on any atom is 0.262 e. The predicted molar refractivity (Wildman–Crippen MR) is 94.4 cm³/mol. The molecule has 7 heteroatoms. The second kappa shape index (κ2) is 7.23. The highest BCUT2D eigenvalue weighted by molar-refractivity contribution is 7.20. The maximum absolute atomic E-state index is 12.5. The lowest BCUT2D eigenvalue weighted by atomic mass is 10.1. The van der Waals surface area contributed by atoms with Crippen molar-refractivity contribution in [2.75, 3.05) is 25.6 Å². The molecule has 2 N–H and O–H groups in total. The summed E-state index contributed by atoms with van der Waals surface area (Å²) >= 11 is 1.40. The fraction of sp³-hybridized carbons (Fsp3) is 0.562. The van der Waals surface area contributed by atoms with E-state index in [0.717, 1.165) is 34.6 Å². The molecule has 0 aliphatic heterocycles. The average molecular weight is 336 g/mol. The van der Waals surface area contributed by atoms with Gasteiger partial charge in [0, 0.05) is 25.8 Å². The molecule has 0 radical (unpaired) electrons. The summed E-state index contributed by atoms with van der Waals surface area (Å²) in [6, 6.07) is 0. The van der Waals surface area contributed by atoms with Crippen LogP contribution in [0.2, 0.25) is 0 Å². The highest BCUT2D eigenvalue weighted by atomic mass is 32.1. The van der Waals surface area contributed by atoms with E-state index in [0.29, 0.717) is 11.5 Å². The third-order valence-electron chi connectivity index (χ3n) is 3.24. The third-order valence-corrected chi connectivity index (χ3v) is 4.44. The van der Waals surface area contributed by atoms with Gasteiger partial charge in [-0.3, -0.25) is 4.79 Å². The molecule has 6 nitrogen and oxygen atoms in total. The Kier molecular flexibility index (Phi) is 5.54. The number of aromatic nitrogens is 2.